The fraction of sp³-hybridized carbons (Fsp3) is 0.261. The van der Waals surface area contributed by atoms with Crippen molar-refractivity contribution in [2.24, 2.45) is 5.73 Å². The quantitative estimate of drug-likeness (QED) is 0.441. The molecule has 1 fully saturated rings. The molecule has 0 saturated heterocycles. The van der Waals surface area contributed by atoms with Crippen LogP contribution in [0.5, 0.6) is 17.2 Å². The number of ether oxygens (including phenoxy) is 3. The lowest BCUT2D eigenvalue weighted by atomic mass is 10.1. The second kappa shape index (κ2) is 9.52. The number of urea groups is 1. The van der Waals surface area contributed by atoms with Crippen molar-refractivity contribution in [3.8, 4) is 17.2 Å². The van der Waals surface area contributed by atoms with Crippen LogP contribution < -0.4 is 25.8 Å². The largest absolute Gasteiger partial charge is 0.490 e. The van der Waals surface area contributed by atoms with Crippen molar-refractivity contribution in [1.29, 1.82) is 0 Å². The molecule has 0 spiro atoms. The average Bonchev–Trinajstić information content (AvgIpc) is 3.58. The van der Waals surface area contributed by atoms with E-state index in [4.69, 9.17) is 19.9 Å². The Labute approximate surface area is 184 Å². The lowest BCUT2D eigenvalue weighted by molar-refractivity contribution is 0.0992. The molecular formula is C23H24N4O5. The van der Waals surface area contributed by atoms with Crippen LogP contribution in [-0.2, 0) is 4.74 Å². The molecule has 1 saturated carbocycles. The molecule has 0 radical (unpaired) electrons. The lowest BCUT2D eigenvalue weighted by Crippen LogP contribution is -2.30. The minimum atomic E-state index is -0.617. The predicted octanol–water partition coefficient (Wildman–Crippen LogP) is 3.44. The van der Waals surface area contributed by atoms with Gasteiger partial charge in [0, 0.05) is 36.5 Å². The lowest BCUT2D eigenvalue weighted by Gasteiger charge is -2.13. The van der Waals surface area contributed by atoms with Crippen LogP contribution in [0.25, 0.3) is 10.9 Å². The van der Waals surface area contributed by atoms with Crippen LogP contribution in [0.4, 0.5) is 10.5 Å². The third-order valence-corrected chi connectivity index (χ3v) is 4.87. The first kappa shape index (κ1) is 21.4. The van der Waals surface area contributed by atoms with Gasteiger partial charge in [-0.05, 0) is 49.2 Å². The van der Waals surface area contributed by atoms with Gasteiger partial charge in [0.1, 0.15) is 23.9 Å². The number of methoxy groups -OCH3 is 1. The van der Waals surface area contributed by atoms with Crippen LogP contribution in [0.15, 0.2) is 48.7 Å². The van der Waals surface area contributed by atoms with Gasteiger partial charge in [-0.25, -0.2) is 4.79 Å². The third kappa shape index (κ3) is 5.25. The maximum Gasteiger partial charge on any atom is 0.319 e. The third-order valence-electron chi connectivity index (χ3n) is 4.87. The Morgan fingerprint density at radius 2 is 1.88 bits per heavy atom. The Bertz CT molecular complexity index is 1130. The number of benzene rings is 2. The zero-order chi connectivity index (χ0) is 22.5. The fourth-order valence-electron chi connectivity index (χ4n) is 3.10. The zero-order valence-electron chi connectivity index (χ0n) is 17.6. The molecule has 1 aliphatic carbocycles. The van der Waals surface area contributed by atoms with Gasteiger partial charge in [-0.1, -0.05) is 0 Å². The van der Waals surface area contributed by atoms with Crippen molar-refractivity contribution in [2.75, 3.05) is 25.6 Å². The maximum absolute atomic E-state index is 12.0. The minimum Gasteiger partial charge on any atom is -0.490 e. The number of fused-ring (bicyclic) bond motifs is 1. The molecular weight excluding hydrogens is 412 g/mol. The van der Waals surface area contributed by atoms with Gasteiger partial charge in [-0.15, -0.1) is 0 Å². The van der Waals surface area contributed by atoms with Gasteiger partial charge in [0.25, 0.3) is 5.91 Å². The molecule has 0 unspecified atom stereocenters. The van der Waals surface area contributed by atoms with E-state index in [1.165, 1.54) is 0 Å². The molecule has 2 aromatic carbocycles. The summed E-state index contributed by atoms with van der Waals surface area (Å²) in [6.07, 6.45) is 3.66. The zero-order valence-corrected chi connectivity index (χ0v) is 17.6. The molecule has 9 heteroatoms. The molecule has 1 aliphatic rings. The average molecular weight is 436 g/mol. The number of amides is 3. The molecule has 0 bridgehead atoms. The summed E-state index contributed by atoms with van der Waals surface area (Å²) in [5.74, 6) is 0.792. The number of nitrogens with two attached hydrogens (primary N) is 1. The van der Waals surface area contributed by atoms with Gasteiger partial charge >= 0.3 is 6.03 Å². The predicted molar refractivity (Wildman–Crippen MR) is 119 cm³/mol. The van der Waals surface area contributed by atoms with Crippen LogP contribution in [0.2, 0.25) is 0 Å². The van der Waals surface area contributed by atoms with E-state index < -0.39 is 5.91 Å². The van der Waals surface area contributed by atoms with E-state index in [9.17, 15) is 9.59 Å². The van der Waals surface area contributed by atoms with Crippen molar-refractivity contribution < 1.29 is 23.8 Å². The van der Waals surface area contributed by atoms with E-state index in [0.717, 1.165) is 12.8 Å². The number of carbonyl (C=O) groups is 2. The Kier molecular flexibility index (Phi) is 6.37. The number of nitrogens with one attached hydrogen (secondary N) is 2. The number of carbonyl (C=O) groups excluding carboxylic acids is 2. The number of hydrogen-bond acceptors (Lipinski definition) is 6. The highest BCUT2D eigenvalue weighted by Gasteiger charge is 2.23. The van der Waals surface area contributed by atoms with Gasteiger partial charge in [-0.3, -0.25) is 9.78 Å². The van der Waals surface area contributed by atoms with E-state index in [0.29, 0.717) is 40.4 Å². The highest BCUT2D eigenvalue weighted by molar-refractivity contribution is 6.01. The summed E-state index contributed by atoms with van der Waals surface area (Å²) in [7, 11) is 1.56. The molecule has 0 atom stereocenters. The minimum absolute atomic E-state index is 0.219. The summed E-state index contributed by atoms with van der Waals surface area (Å²) >= 11 is 0. The normalized spacial score (nSPS) is 12.9. The molecule has 1 heterocycles. The van der Waals surface area contributed by atoms with E-state index >= 15 is 0 Å². The number of rotatable bonds is 9. The Morgan fingerprint density at radius 1 is 1.09 bits per heavy atom. The molecule has 166 valence electrons. The van der Waals surface area contributed by atoms with E-state index in [2.05, 4.69) is 15.6 Å². The number of hydrogen-bond donors (Lipinski definition) is 3. The van der Waals surface area contributed by atoms with Crippen LogP contribution in [0.1, 0.15) is 23.2 Å². The van der Waals surface area contributed by atoms with Crippen molar-refractivity contribution in [1.82, 2.24) is 10.3 Å². The van der Waals surface area contributed by atoms with Crippen molar-refractivity contribution >= 4 is 28.5 Å². The molecule has 0 aliphatic heterocycles. The molecule has 1 aromatic heterocycles. The maximum atomic E-state index is 12.0. The van der Waals surface area contributed by atoms with E-state index in [1.54, 1.807) is 55.8 Å². The van der Waals surface area contributed by atoms with E-state index in [-0.39, 0.29) is 24.2 Å². The summed E-state index contributed by atoms with van der Waals surface area (Å²) in [6, 6.07) is 12.0. The summed E-state index contributed by atoms with van der Waals surface area (Å²) in [6.45, 7) is 0.650. The molecule has 4 rings (SSSR count). The topological polar surface area (TPSA) is 125 Å². The Hall–Kier alpha value is -3.85. The first-order chi connectivity index (χ1) is 15.5. The van der Waals surface area contributed by atoms with Crippen LogP contribution in [0, 0.1) is 0 Å². The summed E-state index contributed by atoms with van der Waals surface area (Å²) in [4.78, 5) is 28.2. The van der Waals surface area contributed by atoms with Gasteiger partial charge in [-0.2, -0.15) is 0 Å². The van der Waals surface area contributed by atoms with Crippen molar-refractivity contribution in [2.45, 2.75) is 18.9 Å². The van der Waals surface area contributed by atoms with Gasteiger partial charge in [0.2, 0.25) is 0 Å². The summed E-state index contributed by atoms with van der Waals surface area (Å²) < 4.78 is 16.6. The second-order valence-electron chi connectivity index (χ2n) is 7.38. The monoisotopic (exact) mass is 436 g/mol. The number of anilines is 1. The highest BCUT2D eigenvalue weighted by Crippen LogP contribution is 2.33. The second-order valence-corrected chi connectivity index (χ2v) is 7.38. The highest BCUT2D eigenvalue weighted by atomic mass is 16.5. The molecule has 3 amide bonds. The fourth-order valence-corrected chi connectivity index (χ4v) is 3.10. The first-order valence-electron chi connectivity index (χ1n) is 10.2. The van der Waals surface area contributed by atoms with Crippen LogP contribution in [0.3, 0.4) is 0 Å². The van der Waals surface area contributed by atoms with Crippen molar-refractivity contribution in [3.63, 3.8) is 0 Å². The smallest absolute Gasteiger partial charge is 0.319 e. The standard InChI is InChI=1S/C23H24N4O5/c1-30-10-11-31-21-13-19-17(12-18(21)22(24)28)20(8-9-25-19)32-16-6-4-15(5-7-16)27-23(29)26-14-2-3-14/h4-9,12-14H,2-3,10-11H2,1H3,(H2,24,28)(H2,26,27,29). The Morgan fingerprint density at radius 3 is 2.56 bits per heavy atom. The molecule has 4 N–H and O–H groups in total. The number of primary amides is 1. The van der Waals surface area contributed by atoms with Crippen LogP contribution >= 0.6 is 0 Å². The van der Waals surface area contributed by atoms with E-state index in [1.807, 2.05) is 0 Å². The van der Waals surface area contributed by atoms with Gasteiger partial charge in [0.15, 0.2) is 0 Å². The summed E-state index contributed by atoms with van der Waals surface area (Å²) in [5, 5.41) is 6.28. The molecule has 32 heavy (non-hydrogen) atoms. The first-order valence-corrected chi connectivity index (χ1v) is 10.2. The molecule has 3 aromatic rings. The number of aromatic nitrogens is 1. The Balaban J connectivity index is 1.53. The number of nitrogens with zero attached hydrogens (tertiary/aromatic N) is 1. The van der Waals surface area contributed by atoms with Crippen LogP contribution in [-0.4, -0.2) is 43.3 Å². The van der Waals surface area contributed by atoms with Crippen molar-refractivity contribution in [3.05, 3.63) is 54.2 Å². The summed E-state index contributed by atoms with van der Waals surface area (Å²) in [5.41, 5.74) is 7.03. The number of pyridine rings is 1. The SMILES string of the molecule is COCCOc1cc2nccc(Oc3ccc(NC(=O)NC4CC4)cc3)c2cc1C(N)=O. The van der Waals surface area contributed by atoms with Gasteiger partial charge < -0.3 is 30.6 Å². The van der Waals surface area contributed by atoms with Gasteiger partial charge in [0.05, 0.1) is 17.7 Å². The molecule has 9 nitrogen and oxygen atoms in total.